The molecule has 334 valence electrons. The number of aliphatic hydroxyl groups is 2. The van der Waals surface area contributed by atoms with Crippen LogP contribution in [0.1, 0.15) is 71.6 Å². The first-order valence-electron chi connectivity index (χ1n) is 20.7. The van der Waals surface area contributed by atoms with Gasteiger partial charge in [-0.2, -0.15) is 13.5 Å². The van der Waals surface area contributed by atoms with E-state index in [1.807, 2.05) is 91.0 Å². The first-order chi connectivity index (χ1) is 29.6. The van der Waals surface area contributed by atoms with Crippen LogP contribution in [0.25, 0.3) is 43.6 Å². The normalized spacial score (nSPS) is 11.1. The fourth-order valence-corrected chi connectivity index (χ4v) is 6.47. The first kappa shape index (κ1) is 54.2. The van der Waals surface area contributed by atoms with Gasteiger partial charge in [0.1, 0.15) is 11.5 Å². The number of benzene rings is 5. The highest BCUT2D eigenvalue weighted by atomic mass is 33.2. The molecule has 13 heteroatoms. The molecule has 0 bridgehead atoms. The van der Waals surface area contributed by atoms with E-state index in [-0.39, 0.29) is 20.9 Å². The maximum atomic E-state index is 8.81. The van der Waals surface area contributed by atoms with Crippen LogP contribution in [0, 0.1) is 0 Å². The zero-order valence-electron chi connectivity index (χ0n) is 34.8. The Balaban J connectivity index is 0.000000305. The van der Waals surface area contributed by atoms with Crippen molar-refractivity contribution in [1.29, 1.82) is 0 Å². The molecule has 62 heavy (non-hydrogen) atoms. The summed E-state index contributed by atoms with van der Waals surface area (Å²) >= 11 is 8.66. The number of aromatic nitrogens is 2. The molecule has 8 nitrogen and oxygen atoms in total. The fraction of sp³-hybridized carbons (Fsp3) is 0.347. The van der Waals surface area contributed by atoms with Crippen molar-refractivity contribution in [2.45, 2.75) is 71.6 Å². The third kappa shape index (κ3) is 18.8. The average Bonchev–Trinajstić information content (AvgIpc) is 3.91. The van der Waals surface area contributed by atoms with Crippen LogP contribution in [0.3, 0.4) is 0 Å². The number of hydrogen-bond donors (Lipinski definition) is 4. The number of rotatable bonds is 14. The number of para-hydroxylation sites is 5. The van der Waals surface area contributed by atoms with Gasteiger partial charge in [-0.25, -0.2) is 9.97 Å². The summed E-state index contributed by atoms with van der Waals surface area (Å²) < 4.78 is 11.1. The second-order valence-electron chi connectivity index (χ2n) is 13.9. The molecule has 5 N–H and O–H groups in total. The van der Waals surface area contributed by atoms with Gasteiger partial charge < -0.3 is 30.7 Å². The van der Waals surface area contributed by atoms with Crippen LogP contribution in [-0.2, 0) is 44.9 Å². The molecule has 0 unspecified atom stereocenters. The largest absolute Gasteiger partial charge is 0.456 e. The number of nitrogens with zero attached hydrogens (tertiary/aromatic N) is 2. The average molecular weight is 933 g/mol. The highest BCUT2D eigenvalue weighted by Crippen LogP contribution is 2.36. The van der Waals surface area contributed by atoms with Crippen LogP contribution < -0.4 is 15.8 Å². The van der Waals surface area contributed by atoms with Gasteiger partial charge in [0, 0.05) is 94.7 Å². The van der Waals surface area contributed by atoms with E-state index >= 15 is 0 Å². The van der Waals surface area contributed by atoms with E-state index in [1.165, 1.54) is 47.1 Å². The van der Waals surface area contributed by atoms with E-state index in [0.717, 1.165) is 122 Å². The summed E-state index contributed by atoms with van der Waals surface area (Å²) in [7, 11) is 2.34. The predicted molar refractivity (Wildman–Crippen MR) is 280 cm³/mol. The van der Waals surface area contributed by atoms with Crippen molar-refractivity contribution in [2.75, 3.05) is 44.8 Å². The number of unbranched alkanes of at least 4 members (excludes halogenated alkanes) is 6. The summed E-state index contributed by atoms with van der Waals surface area (Å²) in [6, 6.07) is 42.6. The molecule has 0 amide bonds. The SMILES string of the molecule is C.C1CCOC1.NCCCCCCO.OCCCCCCNc1c2ccccc2nc2ccccc12.S.S=S=S=S.c1ccc(Oc2c3ccccc3nc3ccccc23)cc1. The van der Waals surface area contributed by atoms with Crippen LogP contribution in [0.4, 0.5) is 5.69 Å². The van der Waals surface area contributed by atoms with E-state index in [9.17, 15) is 0 Å². The van der Waals surface area contributed by atoms with Gasteiger partial charge in [-0.1, -0.05) is 112 Å². The van der Waals surface area contributed by atoms with Crippen molar-refractivity contribution in [3.05, 3.63) is 127 Å². The Morgan fingerprint density at radius 3 is 1.39 bits per heavy atom. The van der Waals surface area contributed by atoms with Crippen LogP contribution in [0.2, 0.25) is 0 Å². The lowest BCUT2D eigenvalue weighted by Crippen LogP contribution is -2.03. The summed E-state index contributed by atoms with van der Waals surface area (Å²) in [4.78, 5) is 9.44. The van der Waals surface area contributed by atoms with E-state index in [1.54, 1.807) is 0 Å². The minimum atomic E-state index is 0. The number of pyridine rings is 2. The Hall–Kier alpha value is -3.89. The van der Waals surface area contributed by atoms with Crippen molar-refractivity contribution in [2.24, 2.45) is 5.73 Å². The van der Waals surface area contributed by atoms with Crippen LogP contribution in [0.5, 0.6) is 11.5 Å². The lowest BCUT2D eigenvalue weighted by Gasteiger charge is -2.13. The van der Waals surface area contributed by atoms with Crippen molar-refractivity contribution in [3.63, 3.8) is 0 Å². The molecular weight excluding hydrogens is 869 g/mol. The van der Waals surface area contributed by atoms with E-state index in [2.05, 4.69) is 64.1 Å². The molecule has 2 aromatic heterocycles. The Morgan fingerprint density at radius 2 is 0.968 bits per heavy atom. The molecule has 1 saturated heterocycles. The van der Waals surface area contributed by atoms with Crippen LogP contribution in [-0.4, -0.2) is 59.7 Å². The van der Waals surface area contributed by atoms with Gasteiger partial charge in [0.15, 0.2) is 0 Å². The van der Waals surface area contributed by atoms with Gasteiger partial charge >= 0.3 is 0 Å². The zero-order chi connectivity index (χ0) is 42.5. The number of hydrogen-bond acceptors (Lipinski definition) is 10. The molecule has 1 aliphatic rings. The van der Waals surface area contributed by atoms with Gasteiger partial charge in [-0.05, 0) is 93.6 Å². The molecule has 7 aromatic rings. The number of ether oxygens (including phenoxy) is 2. The summed E-state index contributed by atoms with van der Waals surface area (Å²) in [5.41, 5.74) is 10.4. The second-order valence-corrected chi connectivity index (χ2v) is 17.4. The third-order valence-electron chi connectivity index (χ3n) is 9.44. The van der Waals surface area contributed by atoms with E-state index in [0.29, 0.717) is 13.2 Å². The summed E-state index contributed by atoms with van der Waals surface area (Å²) in [6.07, 6.45) is 11.1. The predicted octanol–water partition coefficient (Wildman–Crippen LogP) is 11.6. The lowest BCUT2D eigenvalue weighted by atomic mass is 10.1. The topological polar surface area (TPSA) is 123 Å². The highest BCUT2D eigenvalue weighted by Gasteiger charge is 2.11. The minimum absolute atomic E-state index is 0. The summed E-state index contributed by atoms with van der Waals surface area (Å²) in [6.45, 7) is 4.35. The zero-order valence-corrected chi connectivity index (χ0v) is 39.0. The number of anilines is 1. The van der Waals surface area contributed by atoms with Crippen molar-refractivity contribution < 1.29 is 19.7 Å². The van der Waals surface area contributed by atoms with Gasteiger partial charge in [0.2, 0.25) is 0 Å². The Morgan fingerprint density at radius 1 is 0.565 bits per heavy atom. The molecule has 0 aliphatic carbocycles. The van der Waals surface area contributed by atoms with Crippen molar-refractivity contribution in [1.82, 2.24) is 9.97 Å². The van der Waals surface area contributed by atoms with Gasteiger partial charge in [-0.15, -0.1) is 0 Å². The van der Waals surface area contributed by atoms with Gasteiger partial charge in [0.25, 0.3) is 0 Å². The molecule has 1 aliphatic heterocycles. The number of aliphatic hydroxyl groups excluding tert-OH is 2. The quantitative estimate of drug-likeness (QED) is 0.0619. The highest BCUT2D eigenvalue weighted by molar-refractivity contribution is 8.51. The Labute approximate surface area is 391 Å². The van der Waals surface area contributed by atoms with Gasteiger partial charge in [-0.3, -0.25) is 0 Å². The summed E-state index contributed by atoms with van der Waals surface area (Å²) in [5.74, 6) is 1.70. The molecule has 1 fully saturated rings. The number of nitrogens with two attached hydrogens (primary N) is 1. The van der Waals surface area contributed by atoms with Gasteiger partial charge in [0.05, 0.1) is 27.8 Å². The van der Waals surface area contributed by atoms with Crippen LogP contribution >= 0.6 is 13.5 Å². The van der Waals surface area contributed by atoms with E-state index in [4.69, 9.17) is 35.4 Å². The third-order valence-corrected chi connectivity index (χ3v) is 11.7. The first-order valence-corrected chi connectivity index (χ1v) is 24.7. The minimum Gasteiger partial charge on any atom is -0.456 e. The lowest BCUT2D eigenvalue weighted by molar-refractivity contribution is 0.198. The smallest absolute Gasteiger partial charge is 0.146 e. The number of fused-ring (bicyclic) bond motifs is 4. The van der Waals surface area contributed by atoms with Crippen molar-refractivity contribution in [3.8, 4) is 11.5 Å². The molecule has 0 radical (unpaired) electrons. The molecular formula is C49H64N4O4S5. The van der Waals surface area contributed by atoms with Crippen LogP contribution in [0.15, 0.2) is 127 Å². The van der Waals surface area contributed by atoms with Crippen molar-refractivity contribution >= 4 is 103 Å². The van der Waals surface area contributed by atoms with E-state index < -0.39 is 0 Å². The second kappa shape index (κ2) is 33.6. The summed E-state index contributed by atoms with van der Waals surface area (Å²) in [5, 5.41) is 25.2. The molecule has 0 spiro atoms. The fourth-order valence-electron chi connectivity index (χ4n) is 6.47. The molecule has 0 atom stereocenters. The maximum absolute atomic E-state index is 8.81. The standard InChI is InChI=1S/C19H22N2O.C19H13NO.C6H15NO.C4H8O.CH4.S4.H2S/c22-14-8-2-1-7-13-20-19-15-9-3-5-11-17(15)21-18-12-6-4-10-16(18)19;1-2-8-14(9-3-1)21-19-15-10-4-6-12-17(15)20-18-13-7-5-11-16(18)19;7-5-3-1-2-4-6-8;1-2-4-5-3-1;;1-3-4-2;/h3-6,9-12,22H,1-2,7-8,13-14H2,(H,20,21);1-13H;8H,1-7H2;1-4H2;1H4;;1H2. The molecule has 5 aromatic carbocycles. The Bertz CT molecular complexity index is 2230. The molecule has 8 rings (SSSR count). The molecule has 3 heterocycles. The monoisotopic (exact) mass is 932 g/mol. The Kier molecular flexibility index (Phi) is 29.4. The maximum Gasteiger partial charge on any atom is 0.146 e. The molecule has 0 saturated carbocycles. The number of nitrogens with one attached hydrogen (secondary N) is 1.